The molecule has 144 valence electrons. The molecule has 0 N–H and O–H groups in total. The minimum Gasteiger partial charge on any atom is -0.497 e. The Kier molecular flexibility index (Phi) is 5.50. The molecule has 5 nitrogen and oxygen atoms in total. The second kappa shape index (κ2) is 8.20. The number of fused-ring (bicyclic) bond motifs is 1. The van der Waals surface area contributed by atoms with Gasteiger partial charge in [-0.3, -0.25) is 4.79 Å². The Morgan fingerprint density at radius 3 is 2.57 bits per heavy atom. The molecule has 1 amide bonds. The molecule has 0 radical (unpaired) electrons. The highest BCUT2D eigenvalue weighted by Crippen LogP contribution is 2.32. The summed E-state index contributed by atoms with van der Waals surface area (Å²) < 4.78 is 10.8. The molecular weight excluding hydrogens is 396 g/mol. The third-order valence-electron chi connectivity index (χ3n) is 4.60. The van der Waals surface area contributed by atoms with E-state index in [-0.39, 0.29) is 12.5 Å². The van der Waals surface area contributed by atoms with Crippen LogP contribution in [0.15, 0.2) is 48.5 Å². The van der Waals surface area contributed by atoms with E-state index >= 15 is 0 Å². The molecule has 0 fully saturated rings. The molecule has 0 spiro atoms. The highest BCUT2D eigenvalue weighted by atomic mass is 35.5. The van der Waals surface area contributed by atoms with E-state index < -0.39 is 0 Å². The first-order chi connectivity index (χ1) is 13.6. The van der Waals surface area contributed by atoms with Crippen molar-refractivity contribution in [3.05, 3.63) is 64.1 Å². The molecule has 28 heavy (non-hydrogen) atoms. The molecule has 0 unspecified atom stereocenters. The van der Waals surface area contributed by atoms with Crippen molar-refractivity contribution < 1.29 is 14.3 Å². The number of methoxy groups -OCH3 is 1. The second-order valence-electron chi connectivity index (χ2n) is 6.43. The highest BCUT2D eigenvalue weighted by Gasteiger charge is 2.24. The lowest BCUT2D eigenvalue weighted by atomic mass is 10.1. The fraction of sp³-hybridized carbons (Fsp3) is 0.238. The van der Waals surface area contributed by atoms with Crippen LogP contribution in [-0.4, -0.2) is 36.1 Å². The number of nitrogens with zero attached hydrogens (tertiary/aromatic N) is 2. The number of carbonyl (C=O) groups excluding carboxylic acids is 1. The highest BCUT2D eigenvalue weighted by molar-refractivity contribution is 7.15. The van der Waals surface area contributed by atoms with Crippen LogP contribution in [-0.2, 0) is 17.8 Å². The van der Waals surface area contributed by atoms with Crippen molar-refractivity contribution in [1.82, 2.24) is 9.88 Å². The van der Waals surface area contributed by atoms with Crippen molar-refractivity contribution in [2.24, 2.45) is 0 Å². The summed E-state index contributed by atoms with van der Waals surface area (Å²) in [7, 11) is 1.65. The van der Waals surface area contributed by atoms with Gasteiger partial charge in [0.05, 0.1) is 19.3 Å². The standard InChI is InChI=1S/C21H19ClN2O3S/c1-26-16-6-2-14(3-7-16)21-23-18-10-11-24(12-19(18)28-21)20(25)13-27-17-8-4-15(22)5-9-17/h2-9H,10-13H2,1H3. The SMILES string of the molecule is COc1ccc(-c2nc3c(s2)CN(C(=O)COc2ccc(Cl)cc2)CC3)cc1. The molecule has 2 heterocycles. The number of rotatable bonds is 5. The molecular formula is C21H19ClN2O3S. The van der Waals surface area contributed by atoms with Crippen molar-refractivity contribution in [3.8, 4) is 22.1 Å². The van der Waals surface area contributed by atoms with Crippen molar-refractivity contribution in [1.29, 1.82) is 0 Å². The first-order valence-electron chi connectivity index (χ1n) is 8.91. The number of aromatic nitrogens is 1. The van der Waals surface area contributed by atoms with Gasteiger partial charge in [-0.15, -0.1) is 11.3 Å². The lowest BCUT2D eigenvalue weighted by Gasteiger charge is -2.26. The summed E-state index contributed by atoms with van der Waals surface area (Å²) in [6.07, 6.45) is 0.759. The molecule has 1 aliphatic rings. The fourth-order valence-electron chi connectivity index (χ4n) is 3.03. The Bertz CT molecular complexity index is 970. The van der Waals surface area contributed by atoms with Crippen LogP contribution in [0.5, 0.6) is 11.5 Å². The van der Waals surface area contributed by atoms with E-state index in [2.05, 4.69) is 0 Å². The first-order valence-corrected chi connectivity index (χ1v) is 10.1. The monoisotopic (exact) mass is 414 g/mol. The normalized spacial score (nSPS) is 13.1. The van der Waals surface area contributed by atoms with Gasteiger partial charge in [-0.25, -0.2) is 4.98 Å². The van der Waals surface area contributed by atoms with Crippen LogP contribution in [0, 0.1) is 0 Å². The number of carbonyl (C=O) groups is 1. The summed E-state index contributed by atoms with van der Waals surface area (Å²) in [6.45, 7) is 1.24. The Labute approximate surface area is 172 Å². The smallest absolute Gasteiger partial charge is 0.260 e. The largest absolute Gasteiger partial charge is 0.497 e. The molecule has 3 aromatic rings. The van der Waals surface area contributed by atoms with E-state index in [4.69, 9.17) is 26.1 Å². The maximum atomic E-state index is 12.5. The molecule has 0 saturated carbocycles. The van der Waals surface area contributed by atoms with Crippen molar-refractivity contribution in [3.63, 3.8) is 0 Å². The minimum atomic E-state index is -0.0278. The second-order valence-corrected chi connectivity index (χ2v) is 7.95. The Morgan fingerprint density at radius 1 is 1.14 bits per heavy atom. The van der Waals surface area contributed by atoms with Crippen LogP contribution in [0.2, 0.25) is 5.02 Å². The lowest BCUT2D eigenvalue weighted by molar-refractivity contribution is -0.134. The average Bonchev–Trinajstić information content (AvgIpc) is 3.16. The van der Waals surface area contributed by atoms with E-state index in [0.717, 1.165) is 33.3 Å². The van der Waals surface area contributed by atoms with Gasteiger partial charge in [-0.1, -0.05) is 11.6 Å². The first kappa shape index (κ1) is 18.8. The van der Waals surface area contributed by atoms with E-state index in [1.165, 1.54) is 0 Å². The third-order valence-corrected chi connectivity index (χ3v) is 5.98. The number of ether oxygens (including phenoxy) is 2. The maximum Gasteiger partial charge on any atom is 0.260 e. The topological polar surface area (TPSA) is 51.7 Å². The molecule has 4 rings (SSSR count). The summed E-state index contributed by atoms with van der Waals surface area (Å²) in [4.78, 5) is 20.3. The van der Waals surface area contributed by atoms with Crippen molar-refractivity contribution in [2.45, 2.75) is 13.0 Å². The molecule has 2 aromatic carbocycles. The van der Waals surface area contributed by atoms with E-state index in [0.29, 0.717) is 23.9 Å². The van der Waals surface area contributed by atoms with Crippen LogP contribution in [0.4, 0.5) is 0 Å². The zero-order chi connectivity index (χ0) is 19.5. The van der Waals surface area contributed by atoms with E-state index in [1.54, 1.807) is 42.7 Å². The lowest BCUT2D eigenvalue weighted by Crippen LogP contribution is -2.38. The summed E-state index contributed by atoms with van der Waals surface area (Å²) in [5, 5.41) is 1.61. The fourth-order valence-corrected chi connectivity index (χ4v) is 4.29. The minimum absolute atomic E-state index is 0.0150. The van der Waals surface area contributed by atoms with E-state index in [1.807, 2.05) is 29.2 Å². The predicted octanol–water partition coefficient (Wildman–Crippen LogP) is 4.44. The van der Waals surface area contributed by atoms with Gasteiger partial charge in [0.1, 0.15) is 16.5 Å². The number of hydrogen-bond donors (Lipinski definition) is 0. The van der Waals surface area contributed by atoms with Crippen LogP contribution >= 0.6 is 22.9 Å². The average molecular weight is 415 g/mol. The molecule has 0 bridgehead atoms. The van der Waals surface area contributed by atoms with Crippen molar-refractivity contribution in [2.75, 3.05) is 20.3 Å². The van der Waals surface area contributed by atoms with Gasteiger partial charge in [-0.2, -0.15) is 0 Å². The Morgan fingerprint density at radius 2 is 1.86 bits per heavy atom. The van der Waals surface area contributed by atoms with Gasteiger partial charge in [0.25, 0.3) is 5.91 Å². The van der Waals surface area contributed by atoms with E-state index in [9.17, 15) is 4.79 Å². The summed E-state index contributed by atoms with van der Waals surface area (Å²) in [5.74, 6) is 1.43. The van der Waals surface area contributed by atoms with Crippen LogP contribution in [0.25, 0.3) is 10.6 Å². The van der Waals surface area contributed by atoms with Gasteiger partial charge in [0.2, 0.25) is 0 Å². The van der Waals surface area contributed by atoms with Gasteiger partial charge in [0, 0.05) is 28.4 Å². The molecule has 7 heteroatoms. The van der Waals surface area contributed by atoms with Gasteiger partial charge in [0.15, 0.2) is 6.61 Å². The van der Waals surface area contributed by atoms with Gasteiger partial charge < -0.3 is 14.4 Å². The maximum absolute atomic E-state index is 12.5. The van der Waals surface area contributed by atoms with Crippen LogP contribution in [0.3, 0.4) is 0 Å². The summed E-state index contributed by atoms with van der Waals surface area (Å²) >= 11 is 7.50. The van der Waals surface area contributed by atoms with Crippen molar-refractivity contribution >= 4 is 28.8 Å². The van der Waals surface area contributed by atoms with Gasteiger partial charge >= 0.3 is 0 Å². The number of hydrogen-bond acceptors (Lipinski definition) is 5. The van der Waals surface area contributed by atoms with Gasteiger partial charge in [-0.05, 0) is 48.5 Å². The van der Waals surface area contributed by atoms with Crippen LogP contribution < -0.4 is 9.47 Å². The summed E-state index contributed by atoms with van der Waals surface area (Å²) in [6, 6.07) is 14.9. The van der Waals surface area contributed by atoms with Crippen LogP contribution in [0.1, 0.15) is 10.6 Å². The number of halogens is 1. The number of amides is 1. The quantitative estimate of drug-likeness (QED) is 0.619. The molecule has 0 aliphatic carbocycles. The number of thiazole rings is 1. The molecule has 0 atom stereocenters. The number of benzene rings is 2. The molecule has 0 saturated heterocycles. The third kappa shape index (κ3) is 4.13. The molecule has 1 aliphatic heterocycles. The molecule has 1 aromatic heterocycles. The zero-order valence-corrected chi connectivity index (χ0v) is 16.9. The predicted molar refractivity (Wildman–Crippen MR) is 110 cm³/mol. The zero-order valence-electron chi connectivity index (χ0n) is 15.4. The Hall–Kier alpha value is -2.57. The summed E-state index contributed by atoms with van der Waals surface area (Å²) in [5.41, 5.74) is 2.14. The Balaban J connectivity index is 1.40.